The maximum atomic E-state index is 12.0. The number of hydrogen-bond donors (Lipinski definition) is 0. The van der Waals surface area contributed by atoms with Gasteiger partial charge in [0.2, 0.25) is 0 Å². The van der Waals surface area contributed by atoms with Crippen LogP contribution in [0.25, 0.3) is 21.7 Å². The molecule has 0 atom stereocenters. The standard InChI is InChI=1S/C21H19NO3/c1-14-7-9-17(24-14)13-22(2)12-16-11-20(23)25-19-10-8-15-5-3-4-6-18(15)21(16)19/h3-11H,12-13H2,1-2H3. The number of benzene rings is 2. The molecule has 0 aliphatic carbocycles. The fourth-order valence-electron chi connectivity index (χ4n) is 3.33. The highest BCUT2D eigenvalue weighted by molar-refractivity contribution is 6.07. The number of furan rings is 1. The molecule has 0 bridgehead atoms. The van der Waals surface area contributed by atoms with Crippen LogP contribution in [0.5, 0.6) is 0 Å². The molecule has 0 unspecified atom stereocenters. The smallest absolute Gasteiger partial charge is 0.336 e. The number of hydrogen-bond acceptors (Lipinski definition) is 4. The van der Waals surface area contributed by atoms with Gasteiger partial charge in [0.05, 0.1) is 6.54 Å². The van der Waals surface area contributed by atoms with Crippen molar-refractivity contribution in [2.75, 3.05) is 7.05 Å². The first-order chi connectivity index (χ1) is 12.1. The van der Waals surface area contributed by atoms with Gasteiger partial charge in [-0.3, -0.25) is 4.90 Å². The van der Waals surface area contributed by atoms with Gasteiger partial charge in [-0.2, -0.15) is 0 Å². The largest absolute Gasteiger partial charge is 0.465 e. The first kappa shape index (κ1) is 15.7. The summed E-state index contributed by atoms with van der Waals surface area (Å²) >= 11 is 0. The van der Waals surface area contributed by atoms with E-state index >= 15 is 0 Å². The first-order valence-electron chi connectivity index (χ1n) is 8.28. The molecule has 126 valence electrons. The number of fused-ring (bicyclic) bond motifs is 3. The van der Waals surface area contributed by atoms with Crippen LogP contribution in [0.3, 0.4) is 0 Å². The lowest BCUT2D eigenvalue weighted by molar-refractivity contribution is 0.285. The van der Waals surface area contributed by atoms with Crippen LogP contribution in [0.2, 0.25) is 0 Å². The first-order valence-corrected chi connectivity index (χ1v) is 8.28. The second kappa shape index (κ2) is 6.22. The maximum Gasteiger partial charge on any atom is 0.336 e. The molecule has 0 saturated heterocycles. The SMILES string of the molecule is Cc1ccc(CN(C)Cc2cc(=O)oc3ccc4ccccc4c23)o1. The monoisotopic (exact) mass is 333 g/mol. The molecule has 0 spiro atoms. The summed E-state index contributed by atoms with van der Waals surface area (Å²) in [5.41, 5.74) is 1.28. The van der Waals surface area contributed by atoms with Crippen molar-refractivity contribution in [3.63, 3.8) is 0 Å². The van der Waals surface area contributed by atoms with Crippen LogP contribution in [0.4, 0.5) is 0 Å². The Morgan fingerprint density at radius 3 is 2.60 bits per heavy atom. The molecule has 4 rings (SSSR count). The van der Waals surface area contributed by atoms with Gasteiger partial charge in [-0.1, -0.05) is 30.3 Å². The van der Waals surface area contributed by atoms with E-state index in [1.165, 1.54) is 0 Å². The van der Waals surface area contributed by atoms with Gasteiger partial charge in [0.1, 0.15) is 17.1 Å². The summed E-state index contributed by atoms with van der Waals surface area (Å²) in [5, 5.41) is 3.23. The van der Waals surface area contributed by atoms with Crippen molar-refractivity contribution < 1.29 is 8.83 Å². The third-order valence-corrected chi connectivity index (χ3v) is 4.38. The highest BCUT2D eigenvalue weighted by atomic mass is 16.4. The van der Waals surface area contributed by atoms with Crippen molar-refractivity contribution in [2.45, 2.75) is 20.0 Å². The predicted octanol–water partition coefficient (Wildman–Crippen LogP) is 4.48. The van der Waals surface area contributed by atoms with Gasteiger partial charge in [-0.15, -0.1) is 0 Å². The van der Waals surface area contributed by atoms with Crippen molar-refractivity contribution in [1.29, 1.82) is 0 Å². The zero-order valence-electron chi connectivity index (χ0n) is 14.3. The average molecular weight is 333 g/mol. The lowest BCUT2D eigenvalue weighted by Crippen LogP contribution is -2.18. The highest BCUT2D eigenvalue weighted by Gasteiger charge is 2.12. The van der Waals surface area contributed by atoms with Crippen LogP contribution >= 0.6 is 0 Å². The second-order valence-electron chi connectivity index (χ2n) is 6.44. The normalized spacial score (nSPS) is 11.6. The summed E-state index contributed by atoms with van der Waals surface area (Å²) in [7, 11) is 2.02. The van der Waals surface area contributed by atoms with E-state index in [2.05, 4.69) is 17.0 Å². The third-order valence-electron chi connectivity index (χ3n) is 4.38. The van der Waals surface area contributed by atoms with Crippen molar-refractivity contribution in [2.24, 2.45) is 0 Å². The Kier molecular flexibility index (Phi) is 3.90. The summed E-state index contributed by atoms with van der Waals surface area (Å²) in [6.45, 7) is 3.25. The van der Waals surface area contributed by atoms with Gasteiger partial charge in [0.25, 0.3) is 0 Å². The Morgan fingerprint density at radius 2 is 1.80 bits per heavy atom. The maximum absolute atomic E-state index is 12.0. The minimum Gasteiger partial charge on any atom is -0.465 e. The van der Waals surface area contributed by atoms with E-state index < -0.39 is 0 Å². The Labute approximate surface area is 145 Å². The molecule has 0 N–H and O–H groups in total. The summed E-state index contributed by atoms with van der Waals surface area (Å²) in [4.78, 5) is 14.1. The molecular formula is C21H19NO3. The quantitative estimate of drug-likeness (QED) is 0.408. The van der Waals surface area contributed by atoms with E-state index in [1.54, 1.807) is 6.07 Å². The molecule has 2 heterocycles. The molecule has 0 aliphatic rings. The molecular weight excluding hydrogens is 314 g/mol. The summed E-state index contributed by atoms with van der Waals surface area (Å²) < 4.78 is 11.1. The summed E-state index contributed by atoms with van der Waals surface area (Å²) in [5.74, 6) is 1.82. The van der Waals surface area contributed by atoms with Crippen molar-refractivity contribution in [3.05, 3.63) is 82.1 Å². The molecule has 25 heavy (non-hydrogen) atoms. The molecule has 0 saturated carbocycles. The lowest BCUT2D eigenvalue weighted by Gasteiger charge is -2.17. The van der Waals surface area contributed by atoms with Crippen LogP contribution in [0.15, 0.2) is 68.2 Å². The van der Waals surface area contributed by atoms with Gasteiger partial charge < -0.3 is 8.83 Å². The predicted molar refractivity (Wildman–Crippen MR) is 98.6 cm³/mol. The molecule has 4 nitrogen and oxygen atoms in total. The van der Waals surface area contributed by atoms with Crippen LogP contribution in [-0.2, 0) is 13.1 Å². The molecule has 2 aromatic heterocycles. The Balaban J connectivity index is 1.77. The Morgan fingerprint density at radius 1 is 0.960 bits per heavy atom. The van der Waals surface area contributed by atoms with Crippen molar-refractivity contribution in [3.8, 4) is 0 Å². The van der Waals surface area contributed by atoms with Crippen LogP contribution in [0, 0.1) is 6.92 Å². The highest BCUT2D eigenvalue weighted by Crippen LogP contribution is 2.28. The molecule has 4 aromatic rings. The van der Waals surface area contributed by atoms with E-state index in [0.29, 0.717) is 18.7 Å². The molecule has 0 radical (unpaired) electrons. The molecule has 2 aromatic carbocycles. The van der Waals surface area contributed by atoms with Gasteiger partial charge in [0, 0.05) is 18.0 Å². The Hall–Kier alpha value is -2.85. The number of rotatable bonds is 4. The minimum absolute atomic E-state index is 0.319. The molecule has 0 amide bonds. The summed E-state index contributed by atoms with van der Waals surface area (Å²) in [6.07, 6.45) is 0. The van der Waals surface area contributed by atoms with E-state index in [1.807, 2.05) is 50.4 Å². The van der Waals surface area contributed by atoms with E-state index in [0.717, 1.165) is 33.2 Å². The lowest BCUT2D eigenvalue weighted by atomic mass is 10.0. The minimum atomic E-state index is -0.319. The average Bonchev–Trinajstić information content (AvgIpc) is 2.98. The van der Waals surface area contributed by atoms with Gasteiger partial charge in [-0.25, -0.2) is 4.79 Å². The van der Waals surface area contributed by atoms with E-state index in [-0.39, 0.29) is 5.63 Å². The van der Waals surface area contributed by atoms with Gasteiger partial charge in [-0.05, 0) is 48.5 Å². The number of nitrogens with zero attached hydrogens (tertiary/aromatic N) is 1. The van der Waals surface area contributed by atoms with Crippen LogP contribution in [0.1, 0.15) is 17.1 Å². The Bertz CT molecular complexity index is 1110. The van der Waals surface area contributed by atoms with Gasteiger partial charge >= 0.3 is 5.63 Å². The second-order valence-corrected chi connectivity index (χ2v) is 6.44. The van der Waals surface area contributed by atoms with Crippen molar-refractivity contribution in [1.82, 2.24) is 4.90 Å². The number of aryl methyl sites for hydroxylation is 1. The molecule has 4 heteroatoms. The van der Waals surface area contributed by atoms with Gasteiger partial charge in [0.15, 0.2) is 0 Å². The van der Waals surface area contributed by atoms with Crippen LogP contribution in [-0.4, -0.2) is 11.9 Å². The van der Waals surface area contributed by atoms with Crippen molar-refractivity contribution >= 4 is 21.7 Å². The topological polar surface area (TPSA) is 46.6 Å². The van der Waals surface area contributed by atoms with E-state index in [9.17, 15) is 4.79 Å². The summed E-state index contributed by atoms with van der Waals surface area (Å²) in [6, 6.07) is 17.6. The zero-order valence-corrected chi connectivity index (χ0v) is 14.3. The fraction of sp³-hybridized carbons (Fsp3) is 0.190. The molecule has 0 aliphatic heterocycles. The fourth-order valence-corrected chi connectivity index (χ4v) is 3.33. The van der Waals surface area contributed by atoms with E-state index in [4.69, 9.17) is 8.83 Å². The third kappa shape index (κ3) is 3.08. The zero-order chi connectivity index (χ0) is 17.4. The molecule has 0 fully saturated rings. The van der Waals surface area contributed by atoms with Crippen LogP contribution < -0.4 is 5.63 Å².